The van der Waals surface area contributed by atoms with Gasteiger partial charge in [0, 0.05) is 5.25 Å². The van der Waals surface area contributed by atoms with Gasteiger partial charge in [0.2, 0.25) is 0 Å². The normalized spacial score (nSPS) is 13.5. The molecule has 1 heteroatoms. The van der Waals surface area contributed by atoms with E-state index in [1.165, 1.54) is 31.4 Å². The summed E-state index contributed by atoms with van der Waals surface area (Å²) in [6, 6.07) is 0. The smallest absolute Gasteiger partial charge is 0.00186 e. The molecule has 0 saturated heterocycles. The van der Waals surface area contributed by atoms with Gasteiger partial charge in [0.25, 0.3) is 0 Å². The van der Waals surface area contributed by atoms with Crippen LogP contribution in [0.3, 0.4) is 0 Å². The monoisotopic (exact) mass is 160 g/mol. The molecule has 0 nitrogen and oxygen atoms in total. The van der Waals surface area contributed by atoms with E-state index in [4.69, 9.17) is 0 Å². The fourth-order valence-corrected chi connectivity index (χ4v) is 1.95. The van der Waals surface area contributed by atoms with E-state index in [0.717, 1.165) is 5.25 Å². The SMILES string of the molecule is CCCCCC(C)SCC. The van der Waals surface area contributed by atoms with Crippen LogP contribution >= 0.6 is 11.8 Å². The fraction of sp³-hybridized carbons (Fsp3) is 1.00. The van der Waals surface area contributed by atoms with E-state index in [-0.39, 0.29) is 0 Å². The van der Waals surface area contributed by atoms with Crippen molar-refractivity contribution in [1.29, 1.82) is 0 Å². The fourth-order valence-electron chi connectivity index (χ4n) is 1.05. The van der Waals surface area contributed by atoms with Crippen LogP contribution in [0.1, 0.15) is 46.5 Å². The van der Waals surface area contributed by atoms with E-state index in [9.17, 15) is 0 Å². The van der Waals surface area contributed by atoms with Gasteiger partial charge in [-0.25, -0.2) is 0 Å². The molecule has 0 radical (unpaired) electrons. The lowest BCUT2D eigenvalue weighted by molar-refractivity contribution is 0.664. The molecule has 1 unspecified atom stereocenters. The highest BCUT2D eigenvalue weighted by Gasteiger charge is 1.98. The number of hydrogen-bond donors (Lipinski definition) is 0. The summed E-state index contributed by atoms with van der Waals surface area (Å²) in [5.74, 6) is 1.27. The summed E-state index contributed by atoms with van der Waals surface area (Å²) < 4.78 is 0. The Balaban J connectivity index is 2.97. The highest BCUT2D eigenvalue weighted by atomic mass is 32.2. The first-order valence-corrected chi connectivity index (χ1v) is 5.47. The highest BCUT2D eigenvalue weighted by Crippen LogP contribution is 2.16. The molecule has 0 spiro atoms. The second-order valence-electron chi connectivity index (χ2n) is 2.76. The first kappa shape index (κ1) is 10.3. The van der Waals surface area contributed by atoms with Gasteiger partial charge in [-0.2, -0.15) is 11.8 Å². The lowest BCUT2D eigenvalue weighted by atomic mass is 10.2. The van der Waals surface area contributed by atoms with Crippen molar-refractivity contribution >= 4 is 11.8 Å². The Hall–Kier alpha value is 0.350. The summed E-state index contributed by atoms with van der Waals surface area (Å²) in [5.41, 5.74) is 0. The Kier molecular flexibility index (Phi) is 7.72. The van der Waals surface area contributed by atoms with Gasteiger partial charge in [-0.3, -0.25) is 0 Å². The number of hydrogen-bond acceptors (Lipinski definition) is 1. The van der Waals surface area contributed by atoms with Crippen LogP contribution in [0.2, 0.25) is 0 Å². The molecule has 0 fully saturated rings. The van der Waals surface area contributed by atoms with Crippen molar-refractivity contribution in [2.24, 2.45) is 0 Å². The van der Waals surface area contributed by atoms with Gasteiger partial charge in [0.05, 0.1) is 0 Å². The molecule has 10 heavy (non-hydrogen) atoms. The van der Waals surface area contributed by atoms with Gasteiger partial charge in [-0.15, -0.1) is 0 Å². The van der Waals surface area contributed by atoms with E-state index >= 15 is 0 Å². The van der Waals surface area contributed by atoms with Crippen LogP contribution in [0.25, 0.3) is 0 Å². The molecule has 0 aliphatic heterocycles. The van der Waals surface area contributed by atoms with Gasteiger partial charge in [0.1, 0.15) is 0 Å². The van der Waals surface area contributed by atoms with Crippen LogP contribution in [0.5, 0.6) is 0 Å². The van der Waals surface area contributed by atoms with E-state index in [2.05, 4.69) is 32.5 Å². The van der Waals surface area contributed by atoms with Crippen molar-refractivity contribution < 1.29 is 0 Å². The summed E-state index contributed by atoms with van der Waals surface area (Å²) in [5, 5.41) is 0.886. The van der Waals surface area contributed by atoms with Crippen molar-refractivity contribution in [1.82, 2.24) is 0 Å². The lowest BCUT2D eigenvalue weighted by Gasteiger charge is -2.07. The van der Waals surface area contributed by atoms with Crippen molar-refractivity contribution in [2.45, 2.75) is 51.7 Å². The van der Waals surface area contributed by atoms with Crippen LogP contribution in [0.15, 0.2) is 0 Å². The molecule has 0 aromatic heterocycles. The van der Waals surface area contributed by atoms with Crippen molar-refractivity contribution in [3.63, 3.8) is 0 Å². The molecule has 0 saturated carbocycles. The molecule has 0 aliphatic carbocycles. The van der Waals surface area contributed by atoms with Crippen LogP contribution in [0.4, 0.5) is 0 Å². The molecule has 0 aliphatic rings. The molecule has 0 aromatic rings. The second-order valence-corrected chi connectivity index (χ2v) is 4.48. The van der Waals surface area contributed by atoms with Crippen molar-refractivity contribution in [3.8, 4) is 0 Å². The second kappa shape index (κ2) is 7.46. The Labute approximate surface area is 69.8 Å². The van der Waals surface area contributed by atoms with Crippen LogP contribution < -0.4 is 0 Å². The third kappa shape index (κ3) is 6.47. The Morgan fingerprint density at radius 1 is 1.20 bits per heavy atom. The first-order chi connectivity index (χ1) is 4.81. The maximum atomic E-state index is 2.34. The summed E-state index contributed by atoms with van der Waals surface area (Å²) in [6.07, 6.45) is 5.59. The summed E-state index contributed by atoms with van der Waals surface area (Å²) in [6.45, 7) is 6.84. The number of thioether (sulfide) groups is 1. The van der Waals surface area contributed by atoms with Gasteiger partial charge < -0.3 is 0 Å². The summed E-state index contributed by atoms with van der Waals surface area (Å²) >= 11 is 2.08. The van der Waals surface area contributed by atoms with Gasteiger partial charge in [-0.1, -0.05) is 40.0 Å². The third-order valence-corrected chi connectivity index (χ3v) is 2.80. The average molecular weight is 160 g/mol. The van der Waals surface area contributed by atoms with Crippen LogP contribution in [-0.2, 0) is 0 Å². The molecular weight excluding hydrogens is 140 g/mol. The summed E-state index contributed by atoms with van der Waals surface area (Å²) in [4.78, 5) is 0. The maximum absolute atomic E-state index is 2.34. The first-order valence-electron chi connectivity index (χ1n) is 4.42. The molecule has 1 atom stereocenters. The van der Waals surface area contributed by atoms with E-state index < -0.39 is 0 Å². The number of rotatable bonds is 6. The Bertz CT molecular complexity index is 61.7. The topological polar surface area (TPSA) is 0 Å². The molecular formula is C9H20S. The quantitative estimate of drug-likeness (QED) is 0.534. The Morgan fingerprint density at radius 2 is 1.90 bits per heavy atom. The minimum absolute atomic E-state index is 0.886. The molecule has 62 valence electrons. The molecule has 0 bridgehead atoms. The van der Waals surface area contributed by atoms with Crippen LogP contribution in [0, 0.1) is 0 Å². The third-order valence-electron chi connectivity index (χ3n) is 1.67. The summed E-state index contributed by atoms with van der Waals surface area (Å²) in [7, 11) is 0. The van der Waals surface area contributed by atoms with Gasteiger partial charge in [-0.05, 0) is 12.2 Å². The zero-order chi connectivity index (χ0) is 7.82. The highest BCUT2D eigenvalue weighted by molar-refractivity contribution is 7.99. The standard InChI is InChI=1S/C9H20S/c1-4-6-7-8-9(3)10-5-2/h9H,4-8H2,1-3H3. The van der Waals surface area contributed by atoms with E-state index in [0.29, 0.717) is 0 Å². The number of unbranched alkanes of at least 4 members (excludes halogenated alkanes) is 2. The minimum Gasteiger partial charge on any atom is -0.159 e. The van der Waals surface area contributed by atoms with Crippen molar-refractivity contribution in [3.05, 3.63) is 0 Å². The van der Waals surface area contributed by atoms with Crippen LogP contribution in [-0.4, -0.2) is 11.0 Å². The maximum Gasteiger partial charge on any atom is 0.00186 e. The van der Waals surface area contributed by atoms with Crippen molar-refractivity contribution in [2.75, 3.05) is 5.75 Å². The Morgan fingerprint density at radius 3 is 2.40 bits per heavy atom. The van der Waals surface area contributed by atoms with E-state index in [1.807, 2.05) is 0 Å². The molecule has 0 N–H and O–H groups in total. The van der Waals surface area contributed by atoms with E-state index in [1.54, 1.807) is 0 Å². The molecule has 0 rings (SSSR count). The molecule has 0 aromatic carbocycles. The largest absolute Gasteiger partial charge is 0.159 e. The van der Waals surface area contributed by atoms with Gasteiger partial charge >= 0.3 is 0 Å². The van der Waals surface area contributed by atoms with Gasteiger partial charge in [0.15, 0.2) is 0 Å². The molecule has 0 heterocycles. The lowest BCUT2D eigenvalue weighted by Crippen LogP contribution is -1.95. The predicted octanol–water partition coefficient (Wildman–Crippen LogP) is 3.71. The molecule has 0 amide bonds. The zero-order valence-electron chi connectivity index (χ0n) is 7.52. The minimum atomic E-state index is 0.886. The zero-order valence-corrected chi connectivity index (χ0v) is 8.34. The average Bonchev–Trinajstić information content (AvgIpc) is 1.89. The predicted molar refractivity (Wildman–Crippen MR) is 51.7 cm³/mol.